The van der Waals surface area contributed by atoms with E-state index in [4.69, 9.17) is 4.74 Å². The van der Waals surface area contributed by atoms with Crippen LogP contribution >= 0.6 is 0 Å². The lowest BCUT2D eigenvalue weighted by molar-refractivity contribution is -0.115. The van der Waals surface area contributed by atoms with Crippen LogP contribution in [-0.4, -0.2) is 25.6 Å². The average molecular weight is 264 g/mol. The summed E-state index contributed by atoms with van der Waals surface area (Å²) >= 11 is 0. The van der Waals surface area contributed by atoms with E-state index >= 15 is 0 Å². The number of carbonyl (C=O) groups excluding carboxylic acids is 1. The molecule has 0 spiro atoms. The SMILES string of the molecule is COc1cc2c(cc1F)NC(=O)CN2C1CCCC1. The first kappa shape index (κ1) is 12.3. The van der Waals surface area contributed by atoms with E-state index in [0.29, 0.717) is 18.3 Å². The molecule has 5 heteroatoms. The van der Waals surface area contributed by atoms with Crippen LogP contribution in [0, 0.1) is 5.82 Å². The van der Waals surface area contributed by atoms with Gasteiger partial charge in [0.1, 0.15) is 0 Å². The molecule has 1 aliphatic carbocycles. The lowest BCUT2D eigenvalue weighted by Gasteiger charge is -2.35. The minimum absolute atomic E-state index is 0.0797. The molecule has 102 valence electrons. The second-order valence-corrected chi connectivity index (χ2v) is 5.12. The molecule has 1 aromatic rings. The van der Waals surface area contributed by atoms with Crippen molar-refractivity contribution < 1.29 is 13.9 Å². The Hall–Kier alpha value is -1.78. The highest BCUT2D eigenvalue weighted by Crippen LogP contribution is 2.38. The van der Waals surface area contributed by atoms with Gasteiger partial charge in [0, 0.05) is 18.2 Å². The van der Waals surface area contributed by atoms with Crippen molar-refractivity contribution in [1.29, 1.82) is 0 Å². The monoisotopic (exact) mass is 264 g/mol. The Labute approximate surface area is 111 Å². The normalized spacial score (nSPS) is 19.3. The van der Waals surface area contributed by atoms with Gasteiger partial charge in [-0.1, -0.05) is 12.8 Å². The van der Waals surface area contributed by atoms with Crippen LogP contribution in [0.15, 0.2) is 12.1 Å². The second-order valence-electron chi connectivity index (χ2n) is 5.12. The van der Waals surface area contributed by atoms with Gasteiger partial charge < -0.3 is 15.0 Å². The number of hydrogen-bond acceptors (Lipinski definition) is 3. The van der Waals surface area contributed by atoms with E-state index in [1.54, 1.807) is 6.07 Å². The summed E-state index contributed by atoms with van der Waals surface area (Å²) in [5, 5.41) is 2.73. The zero-order chi connectivity index (χ0) is 13.4. The molecule has 1 aliphatic heterocycles. The third-order valence-electron chi connectivity index (χ3n) is 3.93. The average Bonchev–Trinajstić information content (AvgIpc) is 2.90. The molecule has 4 nitrogen and oxygen atoms in total. The molecule has 0 radical (unpaired) electrons. The largest absolute Gasteiger partial charge is 0.494 e. The number of amides is 1. The lowest BCUT2D eigenvalue weighted by atomic mass is 10.1. The Morgan fingerprint density at radius 3 is 2.79 bits per heavy atom. The van der Waals surface area contributed by atoms with Crippen LogP contribution in [0.25, 0.3) is 0 Å². The van der Waals surface area contributed by atoms with Crippen molar-refractivity contribution in [3.8, 4) is 5.75 Å². The molecule has 1 saturated carbocycles. The Morgan fingerprint density at radius 2 is 2.11 bits per heavy atom. The smallest absolute Gasteiger partial charge is 0.243 e. The molecule has 0 aromatic heterocycles. The van der Waals surface area contributed by atoms with Gasteiger partial charge in [-0.3, -0.25) is 4.79 Å². The molecule has 1 aromatic carbocycles. The second kappa shape index (κ2) is 4.72. The molecule has 0 bridgehead atoms. The molecule has 1 heterocycles. The van der Waals surface area contributed by atoms with Crippen LogP contribution < -0.4 is 15.0 Å². The van der Waals surface area contributed by atoms with E-state index in [9.17, 15) is 9.18 Å². The van der Waals surface area contributed by atoms with Crippen molar-refractivity contribution in [2.24, 2.45) is 0 Å². The summed E-state index contributed by atoms with van der Waals surface area (Å²) < 4.78 is 18.7. The number of methoxy groups -OCH3 is 1. The first-order valence-corrected chi connectivity index (χ1v) is 6.63. The third kappa shape index (κ3) is 2.13. The number of halogens is 1. The fraction of sp³-hybridized carbons (Fsp3) is 0.500. The zero-order valence-corrected chi connectivity index (χ0v) is 10.9. The van der Waals surface area contributed by atoms with Gasteiger partial charge in [0.15, 0.2) is 11.6 Å². The van der Waals surface area contributed by atoms with E-state index in [1.807, 2.05) is 0 Å². The highest BCUT2D eigenvalue weighted by Gasteiger charge is 2.30. The number of benzene rings is 1. The molecule has 0 saturated heterocycles. The lowest BCUT2D eigenvalue weighted by Crippen LogP contribution is -2.43. The Bertz CT molecular complexity index is 512. The number of fused-ring (bicyclic) bond motifs is 1. The van der Waals surface area contributed by atoms with Crippen LogP contribution in [0.1, 0.15) is 25.7 Å². The standard InChI is InChI=1S/C14H17FN2O2/c1-19-13-7-12-11(6-10(13)15)16-14(18)8-17(12)9-4-2-3-5-9/h6-7,9H,2-5,8H2,1H3,(H,16,18). The molecular formula is C14H17FN2O2. The quantitative estimate of drug-likeness (QED) is 0.892. The first-order valence-electron chi connectivity index (χ1n) is 6.63. The van der Waals surface area contributed by atoms with Crippen LogP contribution in [0.2, 0.25) is 0 Å². The molecule has 1 amide bonds. The maximum atomic E-state index is 13.7. The number of rotatable bonds is 2. The van der Waals surface area contributed by atoms with Gasteiger partial charge in [-0.2, -0.15) is 0 Å². The van der Waals surface area contributed by atoms with Gasteiger partial charge in [-0.25, -0.2) is 4.39 Å². The number of anilines is 2. The molecule has 19 heavy (non-hydrogen) atoms. The van der Waals surface area contributed by atoms with Crippen LogP contribution in [0.4, 0.5) is 15.8 Å². The van der Waals surface area contributed by atoms with E-state index < -0.39 is 5.82 Å². The number of hydrogen-bond donors (Lipinski definition) is 1. The summed E-state index contributed by atoms with van der Waals surface area (Å²) in [6.45, 7) is 0.340. The van der Waals surface area contributed by atoms with Crippen LogP contribution in [0.5, 0.6) is 5.75 Å². The topological polar surface area (TPSA) is 41.6 Å². The molecule has 0 unspecified atom stereocenters. The zero-order valence-electron chi connectivity index (χ0n) is 10.9. The van der Waals surface area contributed by atoms with Gasteiger partial charge in [-0.05, 0) is 12.8 Å². The summed E-state index contributed by atoms with van der Waals surface area (Å²) in [5.41, 5.74) is 1.41. The maximum Gasteiger partial charge on any atom is 0.243 e. The molecule has 1 fully saturated rings. The van der Waals surface area contributed by atoms with Crippen molar-refractivity contribution >= 4 is 17.3 Å². The van der Waals surface area contributed by atoms with E-state index in [0.717, 1.165) is 18.5 Å². The fourth-order valence-corrected chi connectivity index (χ4v) is 3.01. The molecule has 0 atom stereocenters. The summed E-state index contributed by atoms with van der Waals surface area (Å²) in [6.07, 6.45) is 4.56. The summed E-state index contributed by atoms with van der Waals surface area (Å²) in [5.74, 6) is -0.309. The van der Waals surface area contributed by atoms with Crippen LogP contribution in [0.3, 0.4) is 0 Å². The Balaban J connectivity index is 2.02. The van der Waals surface area contributed by atoms with Crippen molar-refractivity contribution in [1.82, 2.24) is 0 Å². The van der Waals surface area contributed by atoms with Gasteiger partial charge in [0.05, 0.1) is 25.0 Å². The van der Waals surface area contributed by atoms with E-state index in [2.05, 4.69) is 10.2 Å². The predicted octanol–water partition coefficient (Wildman–Crippen LogP) is 2.54. The minimum Gasteiger partial charge on any atom is -0.494 e. The van der Waals surface area contributed by atoms with Gasteiger partial charge in [-0.15, -0.1) is 0 Å². The first-order chi connectivity index (χ1) is 9.19. The van der Waals surface area contributed by atoms with Crippen molar-refractivity contribution in [3.05, 3.63) is 17.9 Å². The molecular weight excluding hydrogens is 247 g/mol. The van der Waals surface area contributed by atoms with E-state index in [-0.39, 0.29) is 11.7 Å². The summed E-state index contributed by atoms with van der Waals surface area (Å²) in [4.78, 5) is 13.8. The Morgan fingerprint density at radius 1 is 1.37 bits per heavy atom. The van der Waals surface area contributed by atoms with Crippen LogP contribution in [-0.2, 0) is 4.79 Å². The Kier molecular flexibility index (Phi) is 3.05. The van der Waals surface area contributed by atoms with Gasteiger partial charge >= 0.3 is 0 Å². The minimum atomic E-state index is -0.449. The van der Waals surface area contributed by atoms with Crippen molar-refractivity contribution in [3.63, 3.8) is 0 Å². The summed E-state index contributed by atoms with van der Waals surface area (Å²) in [7, 11) is 1.45. The highest BCUT2D eigenvalue weighted by atomic mass is 19.1. The molecule has 2 aliphatic rings. The number of nitrogens with zero attached hydrogens (tertiary/aromatic N) is 1. The van der Waals surface area contributed by atoms with E-state index in [1.165, 1.54) is 26.0 Å². The number of nitrogens with one attached hydrogen (secondary N) is 1. The fourth-order valence-electron chi connectivity index (χ4n) is 3.01. The van der Waals surface area contributed by atoms with Crippen molar-refractivity contribution in [2.75, 3.05) is 23.9 Å². The molecule has 3 rings (SSSR count). The maximum absolute atomic E-state index is 13.7. The van der Waals surface area contributed by atoms with Crippen molar-refractivity contribution in [2.45, 2.75) is 31.7 Å². The molecule has 1 N–H and O–H groups in total. The number of carbonyl (C=O) groups is 1. The van der Waals surface area contributed by atoms with Gasteiger partial charge in [0.2, 0.25) is 5.91 Å². The highest BCUT2D eigenvalue weighted by molar-refractivity contribution is 6.01. The number of ether oxygens (including phenoxy) is 1. The van der Waals surface area contributed by atoms with Gasteiger partial charge in [0.25, 0.3) is 0 Å². The summed E-state index contributed by atoms with van der Waals surface area (Å²) in [6, 6.07) is 3.40. The third-order valence-corrected chi connectivity index (χ3v) is 3.93. The predicted molar refractivity (Wildman–Crippen MR) is 71.2 cm³/mol.